The van der Waals surface area contributed by atoms with E-state index in [1.165, 1.54) is 18.3 Å². The Balaban J connectivity index is 1.66. The quantitative estimate of drug-likeness (QED) is 0.269. The fourth-order valence-corrected chi connectivity index (χ4v) is 3.21. The number of carbonyl (C=O) groups excluding carboxylic acids is 2. The number of aromatic amines is 1. The molecule has 1 aromatic heterocycles. The Hall–Kier alpha value is -4.79. The SMILES string of the molecule is O=C(N[C@H](C(=O)N/N=C\c1ccc(O)cc1)c1n[nH]c(=O)c2ccccc12)c1ccccc1. The standard InChI is InChI=1S/C24H19N5O4/c30-17-12-10-15(11-13-17)14-25-28-24(33)21(26-22(31)16-6-2-1-3-7-16)20-18-8-4-5-9-19(18)23(32)29-27-20/h1-14,21,30H,(H,26,31)(H,28,33)(H,29,32)/b25-14-/t21-/m0/s1. The lowest BCUT2D eigenvalue weighted by Crippen LogP contribution is -2.40. The molecule has 2 amide bonds. The number of rotatable bonds is 6. The summed E-state index contributed by atoms with van der Waals surface area (Å²) in [5, 5.41) is 23.2. The van der Waals surface area contributed by atoms with Gasteiger partial charge in [-0.1, -0.05) is 36.4 Å². The highest BCUT2D eigenvalue weighted by atomic mass is 16.3. The molecule has 0 fully saturated rings. The number of H-pyrrole nitrogens is 1. The topological polar surface area (TPSA) is 137 Å². The first-order valence-corrected chi connectivity index (χ1v) is 9.98. The van der Waals surface area contributed by atoms with Crippen LogP contribution in [0.25, 0.3) is 10.8 Å². The highest BCUT2D eigenvalue weighted by molar-refractivity contribution is 5.99. The van der Waals surface area contributed by atoms with Gasteiger partial charge < -0.3 is 10.4 Å². The summed E-state index contributed by atoms with van der Waals surface area (Å²) in [4.78, 5) is 38.1. The van der Waals surface area contributed by atoms with Crippen molar-refractivity contribution in [1.82, 2.24) is 20.9 Å². The maximum Gasteiger partial charge on any atom is 0.272 e. The lowest BCUT2D eigenvalue weighted by Gasteiger charge is -2.18. The summed E-state index contributed by atoms with van der Waals surface area (Å²) in [6.07, 6.45) is 1.39. The first-order chi connectivity index (χ1) is 16.0. The van der Waals surface area contributed by atoms with Crippen LogP contribution in [0.15, 0.2) is 88.8 Å². The van der Waals surface area contributed by atoms with Crippen molar-refractivity contribution in [2.24, 2.45) is 5.10 Å². The summed E-state index contributed by atoms with van der Waals surface area (Å²) >= 11 is 0. The van der Waals surface area contributed by atoms with Crippen LogP contribution in [0.1, 0.15) is 27.7 Å². The lowest BCUT2D eigenvalue weighted by molar-refractivity contribution is -0.123. The smallest absolute Gasteiger partial charge is 0.272 e. The Morgan fingerprint density at radius 2 is 1.61 bits per heavy atom. The molecule has 164 valence electrons. The Bertz CT molecular complexity index is 1380. The number of aromatic hydroxyl groups is 1. The number of nitrogens with zero attached hydrogens (tertiary/aromatic N) is 2. The number of aromatic nitrogens is 2. The molecule has 9 heteroatoms. The molecular formula is C24H19N5O4. The minimum atomic E-state index is -1.24. The summed E-state index contributed by atoms with van der Waals surface area (Å²) in [7, 11) is 0. The third-order valence-electron chi connectivity index (χ3n) is 4.85. The maximum atomic E-state index is 13.1. The predicted molar refractivity (Wildman–Crippen MR) is 123 cm³/mol. The van der Waals surface area contributed by atoms with Gasteiger partial charge >= 0.3 is 0 Å². The van der Waals surface area contributed by atoms with E-state index in [4.69, 9.17) is 0 Å². The number of nitrogens with one attached hydrogen (secondary N) is 3. The van der Waals surface area contributed by atoms with Gasteiger partial charge in [0.1, 0.15) is 11.4 Å². The molecule has 0 aliphatic rings. The summed E-state index contributed by atoms with van der Waals surface area (Å²) in [6, 6.07) is 20.1. The van der Waals surface area contributed by atoms with Crippen molar-refractivity contribution in [3.05, 3.63) is 106 Å². The van der Waals surface area contributed by atoms with Gasteiger partial charge in [-0.25, -0.2) is 10.5 Å². The molecule has 0 bridgehead atoms. The van der Waals surface area contributed by atoms with E-state index in [2.05, 4.69) is 26.0 Å². The lowest BCUT2D eigenvalue weighted by atomic mass is 10.0. The molecule has 0 saturated heterocycles. The molecule has 0 unspecified atom stereocenters. The minimum absolute atomic E-state index is 0.107. The average molecular weight is 441 g/mol. The Morgan fingerprint density at radius 1 is 0.939 bits per heavy atom. The van der Waals surface area contributed by atoms with Gasteiger partial charge in [-0.3, -0.25) is 14.4 Å². The van der Waals surface area contributed by atoms with Crippen molar-refractivity contribution in [3.63, 3.8) is 0 Å². The van der Waals surface area contributed by atoms with Gasteiger partial charge in [0.05, 0.1) is 11.6 Å². The molecule has 1 heterocycles. The first-order valence-electron chi connectivity index (χ1n) is 9.98. The second-order valence-electron chi connectivity index (χ2n) is 7.08. The number of hydrogen-bond acceptors (Lipinski definition) is 6. The van der Waals surface area contributed by atoms with Crippen molar-refractivity contribution < 1.29 is 14.7 Å². The van der Waals surface area contributed by atoms with Crippen LogP contribution in [0.3, 0.4) is 0 Å². The van der Waals surface area contributed by atoms with Crippen molar-refractivity contribution in [2.45, 2.75) is 6.04 Å². The zero-order valence-electron chi connectivity index (χ0n) is 17.2. The Morgan fingerprint density at radius 3 is 2.33 bits per heavy atom. The van der Waals surface area contributed by atoms with Crippen molar-refractivity contribution in [2.75, 3.05) is 0 Å². The van der Waals surface area contributed by atoms with E-state index >= 15 is 0 Å². The summed E-state index contributed by atoms with van der Waals surface area (Å²) < 4.78 is 0. The molecule has 1 atom stereocenters. The van der Waals surface area contributed by atoms with Gasteiger partial charge in [0.25, 0.3) is 17.4 Å². The number of amides is 2. The van der Waals surface area contributed by atoms with Crippen LogP contribution in [0.5, 0.6) is 5.75 Å². The molecule has 0 aliphatic carbocycles. The molecule has 9 nitrogen and oxygen atoms in total. The summed E-state index contributed by atoms with van der Waals surface area (Å²) in [6.45, 7) is 0. The van der Waals surface area contributed by atoms with Crippen LogP contribution in [0.4, 0.5) is 0 Å². The fraction of sp³-hybridized carbons (Fsp3) is 0.0417. The third kappa shape index (κ3) is 4.93. The molecule has 0 saturated carbocycles. The highest BCUT2D eigenvalue weighted by Gasteiger charge is 2.27. The average Bonchev–Trinajstić information content (AvgIpc) is 2.85. The number of hydrogen-bond donors (Lipinski definition) is 4. The normalized spacial score (nSPS) is 11.9. The van der Waals surface area contributed by atoms with Crippen LogP contribution in [0.2, 0.25) is 0 Å². The molecule has 33 heavy (non-hydrogen) atoms. The number of fused-ring (bicyclic) bond motifs is 1. The van der Waals surface area contributed by atoms with E-state index in [1.807, 2.05) is 0 Å². The molecule has 0 radical (unpaired) electrons. The monoisotopic (exact) mass is 441 g/mol. The van der Waals surface area contributed by atoms with Gasteiger partial charge in [0.15, 0.2) is 6.04 Å². The van der Waals surface area contributed by atoms with Gasteiger partial charge in [0, 0.05) is 10.9 Å². The van der Waals surface area contributed by atoms with Gasteiger partial charge in [0.2, 0.25) is 0 Å². The van der Waals surface area contributed by atoms with Crippen LogP contribution in [-0.2, 0) is 4.79 Å². The van der Waals surface area contributed by atoms with Crippen molar-refractivity contribution >= 4 is 28.8 Å². The first kappa shape index (κ1) is 21.4. The molecule has 4 aromatic rings. The van der Waals surface area contributed by atoms with E-state index in [0.717, 1.165) is 0 Å². The van der Waals surface area contributed by atoms with Crippen molar-refractivity contribution in [3.8, 4) is 5.75 Å². The minimum Gasteiger partial charge on any atom is -0.508 e. The summed E-state index contributed by atoms with van der Waals surface area (Å²) in [5.41, 5.74) is 3.17. The van der Waals surface area contributed by atoms with Gasteiger partial charge in [-0.2, -0.15) is 10.2 Å². The van der Waals surface area contributed by atoms with E-state index in [9.17, 15) is 19.5 Å². The maximum absolute atomic E-state index is 13.1. The largest absolute Gasteiger partial charge is 0.508 e. The molecular weight excluding hydrogens is 422 g/mol. The second kappa shape index (κ2) is 9.56. The van der Waals surface area contributed by atoms with Crippen LogP contribution in [0, 0.1) is 0 Å². The van der Waals surface area contributed by atoms with Crippen LogP contribution < -0.4 is 16.3 Å². The molecule has 4 rings (SSSR count). The Labute approximate surface area is 187 Å². The molecule has 4 N–H and O–H groups in total. The van der Waals surface area contributed by atoms with Crippen LogP contribution in [-0.4, -0.2) is 33.3 Å². The van der Waals surface area contributed by atoms with Gasteiger partial charge in [-0.05, 0) is 48.0 Å². The number of phenols is 1. The number of phenolic OH excluding ortho intramolecular Hbond substituents is 1. The molecule has 3 aromatic carbocycles. The molecule has 0 spiro atoms. The zero-order valence-corrected chi connectivity index (χ0v) is 17.2. The molecule has 0 aliphatic heterocycles. The number of hydrazone groups is 1. The zero-order chi connectivity index (χ0) is 23.2. The number of carbonyl (C=O) groups is 2. The van der Waals surface area contributed by atoms with Crippen molar-refractivity contribution in [1.29, 1.82) is 0 Å². The van der Waals surface area contributed by atoms with Crippen LogP contribution >= 0.6 is 0 Å². The Kier molecular flexibility index (Phi) is 6.21. The van der Waals surface area contributed by atoms with E-state index in [1.54, 1.807) is 66.7 Å². The van der Waals surface area contributed by atoms with E-state index < -0.39 is 23.4 Å². The third-order valence-corrected chi connectivity index (χ3v) is 4.85. The predicted octanol–water partition coefficient (Wildman–Crippen LogP) is 2.25. The fourth-order valence-electron chi connectivity index (χ4n) is 3.21. The van der Waals surface area contributed by atoms with Gasteiger partial charge in [-0.15, -0.1) is 0 Å². The summed E-state index contributed by atoms with van der Waals surface area (Å²) in [5.74, 6) is -1.04. The second-order valence-corrected chi connectivity index (χ2v) is 7.08. The van der Waals surface area contributed by atoms with E-state index in [0.29, 0.717) is 21.9 Å². The number of benzene rings is 3. The van der Waals surface area contributed by atoms with E-state index in [-0.39, 0.29) is 11.4 Å². The highest BCUT2D eigenvalue weighted by Crippen LogP contribution is 2.20.